The van der Waals surface area contributed by atoms with Crippen molar-refractivity contribution in [1.29, 1.82) is 0 Å². The molecule has 0 fully saturated rings. The summed E-state index contributed by atoms with van der Waals surface area (Å²) in [6.07, 6.45) is 4.41. The lowest BCUT2D eigenvalue weighted by molar-refractivity contribution is -0.116. The first-order valence-electron chi connectivity index (χ1n) is 8.53. The lowest BCUT2D eigenvalue weighted by Gasteiger charge is -2.10. The second-order valence-corrected chi connectivity index (χ2v) is 7.95. The first-order valence-corrected chi connectivity index (χ1v) is 10.0. The maximum Gasteiger partial charge on any atom is 0.240 e. The maximum atomic E-state index is 12.4. The number of sulfonamides is 1. The summed E-state index contributed by atoms with van der Waals surface area (Å²) in [7, 11) is -3.67. The molecule has 0 saturated heterocycles. The van der Waals surface area contributed by atoms with Gasteiger partial charge in [0.1, 0.15) is 12.7 Å². The van der Waals surface area contributed by atoms with Gasteiger partial charge in [-0.2, -0.15) is 5.10 Å². The molecule has 2 aromatic heterocycles. The summed E-state index contributed by atoms with van der Waals surface area (Å²) in [5.41, 5.74) is 2.01. The second-order valence-electron chi connectivity index (χ2n) is 6.21. The number of amides is 1. The van der Waals surface area contributed by atoms with Crippen LogP contribution in [-0.4, -0.2) is 40.6 Å². The van der Waals surface area contributed by atoms with E-state index in [1.807, 2.05) is 13.0 Å². The molecule has 3 rings (SSSR count). The molecule has 0 aliphatic heterocycles. The van der Waals surface area contributed by atoms with E-state index >= 15 is 0 Å². The Morgan fingerprint density at radius 2 is 2.00 bits per heavy atom. The summed E-state index contributed by atoms with van der Waals surface area (Å²) in [6.45, 7) is 3.55. The van der Waals surface area contributed by atoms with E-state index in [1.165, 1.54) is 23.5 Å². The molecule has 2 N–H and O–H groups in total. The summed E-state index contributed by atoms with van der Waals surface area (Å²) in [5.74, 6) is 0.246. The fourth-order valence-corrected chi connectivity index (χ4v) is 3.88. The van der Waals surface area contributed by atoms with E-state index in [1.54, 1.807) is 31.2 Å². The first-order chi connectivity index (χ1) is 13.3. The first kappa shape index (κ1) is 19.6. The zero-order valence-electron chi connectivity index (χ0n) is 15.5. The van der Waals surface area contributed by atoms with Crippen LogP contribution in [0.5, 0.6) is 0 Å². The fraction of sp³-hybridized carbons (Fsp3) is 0.222. The third kappa shape index (κ3) is 4.78. The summed E-state index contributed by atoms with van der Waals surface area (Å²) < 4.78 is 28.8. The fourth-order valence-electron chi connectivity index (χ4n) is 2.52. The standard InChI is InChI=1S/C18H20N6O3S/c1-13-3-4-14(2)16(9-13)28(26,27)22-8-7-18(25)23-15-5-6-17(20-10-15)24-12-19-11-21-24/h3-6,9-12,22H,7-8H2,1-2H3,(H,23,25). The molecule has 1 amide bonds. The molecule has 0 bridgehead atoms. The Bertz CT molecular complexity index is 1060. The number of aromatic nitrogens is 4. The highest BCUT2D eigenvalue weighted by molar-refractivity contribution is 7.89. The summed E-state index contributed by atoms with van der Waals surface area (Å²) >= 11 is 0. The number of pyridine rings is 1. The van der Waals surface area contributed by atoms with Gasteiger partial charge in [-0.25, -0.2) is 27.8 Å². The predicted molar refractivity (Wildman–Crippen MR) is 104 cm³/mol. The Hall–Kier alpha value is -3.11. The Labute approximate surface area is 162 Å². The van der Waals surface area contributed by atoms with E-state index in [-0.39, 0.29) is 23.8 Å². The minimum atomic E-state index is -3.67. The van der Waals surface area contributed by atoms with Crippen molar-refractivity contribution in [2.45, 2.75) is 25.2 Å². The van der Waals surface area contributed by atoms with E-state index in [0.29, 0.717) is 17.1 Å². The number of benzene rings is 1. The van der Waals surface area contributed by atoms with Crippen molar-refractivity contribution in [2.24, 2.45) is 0 Å². The van der Waals surface area contributed by atoms with Crippen molar-refractivity contribution in [3.05, 3.63) is 60.3 Å². The number of anilines is 1. The molecule has 146 valence electrons. The van der Waals surface area contributed by atoms with Crippen LogP contribution in [0.15, 0.2) is 54.1 Å². The number of carbonyl (C=O) groups is 1. The molecule has 10 heteroatoms. The third-order valence-corrected chi connectivity index (χ3v) is 5.57. The van der Waals surface area contributed by atoms with Crippen molar-refractivity contribution in [1.82, 2.24) is 24.5 Å². The van der Waals surface area contributed by atoms with Gasteiger partial charge in [0.25, 0.3) is 0 Å². The normalized spacial score (nSPS) is 11.4. The van der Waals surface area contributed by atoms with Gasteiger partial charge >= 0.3 is 0 Å². The van der Waals surface area contributed by atoms with Gasteiger partial charge in [-0.05, 0) is 43.2 Å². The van der Waals surface area contributed by atoms with E-state index in [4.69, 9.17) is 0 Å². The Morgan fingerprint density at radius 1 is 1.18 bits per heavy atom. The average Bonchev–Trinajstić information content (AvgIpc) is 3.19. The van der Waals surface area contributed by atoms with Gasteiger partial charge in [0, 0.05) is 13.0 Å². The van der Waals surface area contributed by atoms with Crippen LogP contribution < -0.4 is 10.0 Å². The lowest BCUT2D eigenvalue weighted by Crippen LogP contribution is -2.28. The molecule has 0 spiro atoms. The number of hydrogen-bond acceptors (Lipinski definition) is 6. The molecule has 3 aromatic rings. The van der Waals surface area contributed by atoms with Gasteiger partial charge in [-0.3, -0.25) is 4.79 Å². The van der Waals surface area contributed by atoms with Crippen LogP contribution in [0.3, 0.4) is 0 Å². The zero-order chi connectivity index (χ0) is 20.1. The van der Waals surface area contributed by atoms with Crippen molar-refractivity contribution in [3.63, 3.8) is 0 Å². The molecule has 9 nitrogen and oxygen atoms in total. The van der Waals surface area contributed by atoms with Crippen LogP contribution in [0.25, 0.3) is 5.82 Å². The molecular weight excluding hydrogens is 380 g/mol. The molecule has 2 heterocycles. The topological polar surface area (TPSA) is 119 Å². The zero-order valence-corrected chi connectivity index (χ0v) is 16.3. The molecule has 0 unspecified atom stereocenters. The highest BCUT2D eigenvalue weighted by Crippen LogP contribution is 2.16. The second kappa shape index (κ2) is 8.28. The lowest BCUT2D eigenvalue weighted by atomic mass is 10.2. The molecule has 28 heavy (non-hydrogen) atoms. The van der Waals surface area contributed by atoms with Crippen LogP contribution in [-0.2, 0) is 14.8 Å². The van der Waals surface area contributed by atoms with Gasteiger partial charge in [0.05, 0.1) is 16.8 Å². The van der Waals surface area contributed by atoms with Gasteiger partial charge < -0.3 is 5.32 Å². The van der Waals surface area contributed by atoms with Crippen LogP contribution in [0.4, 0.5) is 5.69 Å². The van der Waals surface area contributed by atoms with Crippen molar-refractivity contribution in [2.75, 3.05) is 11.9 Å². The number of carbonyl (C=O) groups excluding carboxylic acids is 1. The highest BCUT2D eigenvalue weighted by Gasteiger charge is 2.17. The third-order valence-electron chi connectivity index (χ3n) is 3.96. The number of nitrogens with one attached hydrogen (secondary N) is 2. The monoisotopic (exact) mass is 400 g/mol. The largest absolute Gasteiger partial charge is 0.325 e. The van der Waals surface area contributed by atoms with Crippen molar-refractivity contribution >= 4 is 21.6 Å². The SMILES string of the molecule is Cc1ccc(C)c(S(=O)(=O)NCCC(=O)Nc2ccc(-n3cncn3)nc2)c1. The van der Waals surface area contributed by atoms with E-state index < -0.39 is 10.0 Å². The van der Waals surface area contributed by atoms with Crippen molar-refractivity contribution in [3.8, 4) is 5.82 Å². The van der Waals surface area contributed by atoms with Crippen LogP contribution >= 0.6 is 0 Å². The maximum absolute atomic E-state index is 12.4. The molecule has 1 aromatic carbocycles. The minimum Gasteiger partial charge on any atom is -0.325 e. The smallest absolute Gasteiger partial charge is 0.240 e. The molecule has 0 atom stereocenters. The van der Waals surface area contributed by atoms with Crippen molar-refractivity contribution < 1.29 is 13.2 Å². The van der Waals surface area contributed by atoms with Gasteiger partial charge in [-0.15, -0.1) is 0 Å². The van der Waals surface area contributed by atoms with Crippen LogP contribution in [0.1, 0.15) is 17.5 Å². The molecule has 0 saturated carbocycles. The number of nitrogens with zero attached hydrogens (tertiary/aromatic N) is 4. The number of aryl methyl sites for hydroxylation is 2. The van der Waals surface area contributed by atoms with Gasteiger partial charge in [-0.1, -0.05) is 12.1 Å². The molecule has 0 radical (unpaired) electrons. The predicted octanol–water partition coefficient (Wildman–Crippen LogP) is 1.59. The van der Waals surface area contributed by atoms with E-state index in [9.17, 15) is 13.2 Å². The quantitative estimate of drug-likeness (QED) is 0.622. The highest BCUT2D eigenvalue weighted by atomic mass is 32.2. The Kier molecular flexibility index (Phi) is 5.81. The Balaban J connectivity index is 1.53. The van der Waals surface area contributed by atoms with E-state index in [2.05, 4.69) is 25.1 Å². The average molecular weight is 400 g/mol. The molecule has 0 aliphatic rings. The summed E-state index contributed by atoms with van der Waals surface area (Å²) in [5, 5.41) is 6.65. The number of rotatable bonds is 7. The van der Waals surface area contributed by atoms with Crippen LogP contribution in [0.2, 0.25) is 0 Å². The number of hydrogen-bond donors (Lipinski definition) is 2. The Morgan fingerprint density at radius 3 is 2.68 bits per heavy atom. The molecule has 0 aliphatic carbocycles. The van der Waals surface area contributed by atoms with Gasteiger partial charge in [0.15, 0.2) is 5.82 Å². The van der Waals surface area contributed by atoms with Gasteiger partial charge in [0.2, 0.25) is 15.9 Å². The van der Waals surface area contributed by atoms with Crippen LogP contribution in [0, 0.1) is 13.8 Å². The summed E-state index contributed by atoms with van der Waals surface area (Å²) in [4.78, 5) is 20.3. The molecular formula is C18H20N6O3S. The van der Waals surface area contributed by atoms with E-state index in [0.717, 1.165) is 5.56 Å². The minimum absolute atomic E-state index is 0.00504. The summed E-state index contributed by atoms with van der Waals surface area (Å²) in [6, 6.07) is 8.59.